The Hall–Kier alpha value is -1.94. The van der Waals surface area contributed by atoms with Crippen LogP contribution in [0.3, 0.4) is 0 Å². The molecule has 0 bridgehead atoms. The highest BCUT2D eigenvalue weighted by molar-refractivity contribution is 5.76. The van der Waals surface area contributed by atoms with Gasteiger partial charge in [0.15, 0.2) is 0 Å². The van der Waals surface area contributed by atoms with Crippen LogP contribution in [0.4, 0.5) is 0 Å². The predicted molar refractivity (Wildman–Crippen MR) is 82.4 cm³/mol. The fourth-order valence-electron chi connectivity index (χ4n) is 1.56. The van der Waals surface area contributed by atoms with Crippen molar-refractivity contribution in [3.8, 4) is 0 Å². The van der Waals surface area contributed by atoms with Gasteiger partial charge in [0.25, 0.3) is 5.09 Å². The zero-order valence-electron chi connectivity index (χ0n) is 13.9. The number of nitrogens with zero attached hydrogens (tertiary/aromatic N) is 1. The van der Waals surface area contributed by atoms with Crippen molar-refractivity contribution in [2.45, 2.75) is 45.1 Å². The minimum Gasteiger partial charge on any atom is -0.463 e. The summed E-state index contributed by atoms with van der Waals surface area (Å²) < 4.78 is 14.9. The Bertz CT molecular complexity index is 378. The van der Waals surface area contributed by atoms with Crippen LogP contribution in [0.1, 0.15) is 39.0 Å². The molecule has 0 aliphatic rings. The maximum atomic E-state index is 11.5. The third-order valence-corrected chi connectivity index (χ3v) is 2.77. The molecule has 0 amide bonds. The lowest BCUT2D eigenvalue weighted by Crippen LogP contribution is -2.38. The van der Waals surface area contributed by atoms with Gasteiger partial charge in [-0.2, -0.15) is 0 Å². The van der Waals surface area contributed by atoms with Crippen LogP contribution in [0.5, 0.6) is 0 Å². The van der Waals surface area contributed by atoms with Crippen LogP contribution in [-0.2, 0) is 28.6 Å². The lowest BCUT2D eigenvalue weighted by Gasteiger charge is -2.12. The van der Waals surface area contributed by atoms with E-state index in [-0.39, 0.29) is 26.2 Å². The van der Waals surface area contributed by atoms with Crippen LogP contribution in [0.25, 0.3) is 0 Å². The summed E-state index contributed by atoms with van der Waals surface area (Å²) in [5.41, 5.74) is 5.56. The van der Waals surface area contributed by atoms with Crippen LogP contribution in [0.2, 0.25) is 0 Å². The molecule has 140 valence electrons. The minimum absolute atomic E-state index is 0.000727. The first-order valence-corrected chi connectivity index (χ1v) is 7.90. The van der Waals surface area contributed by atoms with Gasteiger partial charge in [0, 0.05) is 13.0 Å². The average Bonchev–Trinajstić information content (AvgIpc) is 2.55. The van der Waals surface area contributed by atoms with Crippen molar-refractivity contribution >= 4 is 11.9 Å². The molecule has 1 unspecified atom stereocenters. The molecule has 0 spiro atoms. The van der Waals surface area contributed by atoms with Crippen LogP contribution in [0, 0.1) is 10.1 Å². The van der Waals surface area contributed by atoms with Gasteiger partial charge in [-0.05, 0) is 19.3 Å². The van der Waals surface area contributed by atoms with Gasteiger partial charge >= 0.3 is 11.9 Å². The molecule has 0 heterocycles. The van der Waals surface area contributed by atoms with E-state index in [1.165, 1.54) is 0 Å². The maximum Gasteiger partial charge on any atom is 0.326 e. The highest BCUT2D eigenvalue weighted by atomic mass is 16.9. The highest BCUT2D eigenvalue weighted by Crippen LogP contribution is 2.02. The van der Waals surface area contributed by atoms with Crippen LogP contribution in [0.15, 0.2) is 0 Å². The summed E-state index contributed by atoms with van der Waals surface area (Å²) in [7, 11) is 0. The third-order valence-electron chi connectivity index (χ3n) is 2.77. The first-order valence-electron chi connectivity index (χ1n) is 7.90. The summed E-state index contributed by atoms with van der Waals surface area (Å²) in [5, 5.41) is 9.05. The Morgan fingerprint density at radius 3 is 2.50 bits per heavy atom. The van der Waals surface area contributed by atoms with E-state index < -0.39 is 23.1 Å². The molecule has 2 N–H and O–H groups in total. The van der Waals surface area contributed by atoms with E-state index in [9.17, 15) is 19.7 Å². The number of carbonyl (C=O) groups is 2. The second-order valence-electron chi connectivity index (χ2n) is 4.94. The number of unbranched alkanes of at least 4 members (excludes halogenated alkanes) is 2. The van der Waals surface area contributed by atoms with Crippen LogP contribution < -0.4 is 5.73 Å². The Kier molecular flexibility index (Phi) is 13.5. The summed E-state index contributed by atoms with van der Waals surface area (Å²) in [6, 6.07) is -1.03. The first-order chi connectivity index (χ1) is 11.5. The van der Waals surface area contributed by atoms with E-state index in [0.717, 1.165) is 6.42 Å². The van der Waals surface area contributed by atoms with Crippen molar-refractivity contribution < 1.29 is 33.7 Å². The Labute approximate surface area is 140 Å². The standard InChI is InChI=1S/C14H26N2O8/c1-2-7-21-9-10-22-14(18)12(15)11-23-13(17)6-4-3-5-8-24-16(19)20/h12H,2-11,15H2,1H3. The SMILES string of the molecule is CCCOCCOC(=O)C(N)COC(=O)CCCCCO[N+](=O)[O-]. The van der Waals surface area contributed by atoms with Crippen LogP contribution in [-0.4, -0.2) is 56.1 Å². The van der Waals surface area contributed by atoms with E-state index in [1.54, 1.807) is 0 Å². The molecule has 24 heavy (non-hydrogen) atoms. The van der Waals surface area contributed by atoms with E-state index in [0.29, 0.717) is 32.5 Å². The lowest BCUT2D eigenvalue weighted by molar-refractivity contribution is -0.757. The summed E-state index contributed by atoms with van der Waals surface area (Å²) in [5.74, 6) is -1.14. The van der Waals surface area contributed by atoms with Gasteiger partial charge in [0.2, 0.25) is 0 Å². The van der Waals surface area contributed by atoms with Crippen molar-refractivity contribution in [1.82, 2.24) is 0 Å². The molecule has 0 aliphatic carbocycles. The number of hydrogen-bond acceptors (Lipinski definition) is 9. The normalized spacial score (nSPS) is 11.6. The Morgan fingerprint density at radius 1 is 1.08 bits per heavy atom. The molecule has 10 nitrogen and oxygen atoms in total. The second-order valence-corrected chi connectivity index (χ2v) is 4.94. The first kappa shape index (κ1) is 22.1. The van der Waals surface area contributed by atoms with Crippen molar-refractivity contribution in [2.75, 3.05) is 33.0 Å². The molecular formula is C14H26N2O8. The molecule has 0 saturated heterocycles. The second kappa shape index (κ2) is 14.6. The average molecular weight is 350 g/mol. The molecule has 10 heteroatoms. The topological polar surface area (TPSA) is 140 Å². The van der Waals surface area contributed by atoms with Gasteiger partial charge in [0.1, 0.15) is 19.3 Å². The maximum absolute atomic E-state index is 11.5. The van der Waals surface area contributed by atoms with Gasteiger partial charge in [-0.3, -0.25) is 9.59 Å². The van der Waals surface area contributed by atoms with Crippen molar-refractivity contribution in [1.29, 1.82) is 0 Å². The smallest absolute Gasteiger partial charge is 0.326 e. The van der Waals surface area contributed by atoms with E-state index in [4.69, 9.17) is 19.9 Å². The fourth-order valence-corrected chi connectivity index (χ4v) is 1.56. The van der Waals surface area contributed by atoms with Gasteiger partial charge in [-0.15, -0.1) is 10.1 Å². The zero-order valence-corrected chi connectivity index (χ0v) is 13.9. The molecule has 0 aromatic carbocycles. The predicted octanol–water partition coefficient (Wildman–Crippen LogP) is 0.595. The summed E-state index contributed by atoms with van der Waals surface area (Å²) in [6.07, 6.45) is 2.60. The molecule has 0 saturated carbocycles. The van der Waals surface area contributed by atoms with E-state index >= 15 is 0 Å². The largest absolute Gasteiger partial charge is 0.463 e. The highest BCUT2D eigenvalue weighted by Gasteiger charge is 2.17. The number of carbonyl (C=O) groups excluding carboxylic acids is 2. The molecule has 0 radical (unpaired) electrons. The number of ether oxygens (including phenoxy) is 3. The molecule has 0 rings (SSSR count). The number of hydrogen-bond donors (Lipinski definition) is 1. The Morgan fingerprint density at radius 2 is 1.83 bits per heavy atom. The van der Waals surface area contributed by atoms with Gasteiger partial charge in [-0.1, -0.05) is 13.3 Å². The van der Waals surface area contributed by atoms with E-state index in [2.05, 4.69) is 4.84 Å². The van der Waals surface area contributed by atoms with Crippen LogP contribution >= 0.6 is 0 Å². The molecule has 0 aromatic heterocycles. The summed E-state index contributed by atoms with van der Waals surface area (Å²) in [6.45, 7) is 2.72. The molecule has 0 fully saturated rings. The summed E-state index contributed by atoms with van der Waals surface area (Å²) >= 11 is 0. The summed E-state index contributed by atoms with van der Waals surface area (Å²) in [4.78, 5) is 37.0. The number of nitrogens with two attached hydrogens (primary N) is 1. The molecular weight excluding hydrogens is 324 g/mol. The molecule has 0 aromatic rings. The van der Waals surface area contributed by atoms with Crippen molar-refractivity contribution in [2.24, 2.45) is 5.73 Å². The quantitative estimate of drug-likeness (QED) is 0.194. The van der Waals surface area contributed by atoms with Crippen molar-refractivity contribution in [3.05, 3.63) is 10.1 Å². The molecule has 0 aliphatic heterocycles. The fraction of sp³-hybridized carbons (Fsp3) is 0.857. The third kappa shape index (κ3) is 13.7. The van der Waals surface area contributed by atoms with Crippen molar-refractivity contribution in [3.63, 3.8) is 0 Å². The lowest BCUT2D eigenvalue weighted by atomic mass is 10.2. The van der Waals surface area contributed by atoms with Gasteiger partial charge in [-0.25, -0.2) is 0 Å². The van der Waals surface area contributed by atoms with Gasteiger partial charge in [0.05, 0.1) is 13.2 Å². The number of rotatable bonds is 15. The van der Waals surface area contributed by atoms with E-state index in [1.807, 2.05) is 6.92 Å². The number of esters is 2. The van der Waals surface area contributed by atoms with Gasteiger partial charge < -0.3 is 24.8 Å². The molecule has 1 atom stereocenters. The minimum atomic E-state index is -1.03. The Balaban J connectivity index is 3.59. The monoisotopic (exact) mass is 350 g/mol. The zero-order chi connectivity index (χ0) is 18.2.